The average molecular weight is 478 g/mol. The van der Waals surface area contributed by atoms with E-state index in [2.05, 4.69) is 55.2 Å². The number of aliphatic hydroxyl groups is 1. The molecule has 0 radical (unpaired) electrons. The van der Waals surface area contributed by atoms with Gasteiger partial charge in [-0.25, -0.2) is 0 Å². The number of nitrogens with one attached hydrogen (secondary N) is 1. The van der Waals surface area contributed by atoms with Crippen LogP contribution in [0.1, 0.15) is 44.7 Å². The fraction of sp³-hybridized carbons (Fsp3) is 0.379. The normalized spacial score (nSPS) is 12.1. The Hall–Kier alpha value is -3.38. The summed E-state index contributed by atoms with van der Waals surface area (Å²) in [7, 11) is 0. The molecule has 0 saturated carbocycles. The summed E-state index contributed by atoms with van der Waals surface area (Å²) in [6.45, 7) is 12.9. The van der Waals surface area contributed by atoms with E-state index in [0.717, 1.165) is 16.7 Å². The molecule has 0 bridgehead atoms. The quantitative estimate of drug-likeness (QED) is 0.413. The minimum Gasteiger partial charge on any atom is -0.387 e. The van der Waals surface area contributed by atoms with Crippen LogP contribution < -0.4 is 5.32 Å². The predicted molar refractivity (Wildman–Crippen MR) is 142 cm³/mol. The summed E-state index contributed by atoms with van der Waals surface area (Å²) in [5, 5.41) is 11.7. The standard InChI is InChI=1S/C29H39N3O3/c1-6-11-27(29(35)31(7-2)19-18-23(5)30-28(34)21-33)32(8-3)20-25-12-9-10-13-26(25)24-16-14-22(4)15-17-24/h8-17,23,33H,3,6-7,18-21H2,1-2,4-5H3,(H,30,34)/b27-11-. The third kappa shape index (κ3) is 8.11. The van der Waals surface area contributed by atoms with Crippen LogP contribution in [0.3, 0.4) is 0 Å². The summed E-state index contributed by atoms with van der Waals surface area (Å²) >= 11 is 0. The van der Waals surface area contributed by atoms with Gasteiger partial charge in [0.25, 0.3) is 5.91 Å². The molecule has 2 N–H and O–H groups in total. The Kier molecular flexibility index (Phi) is 11.2. The van der Waals surface area contributed by atoms with Crippen LogP contribution >= 0.6 is 0 Å². The van der Waals surface area contributed by atoms with E-state index in [-0.39, 0.29) is 11.9 Å². The van der Waals surface area contributed by atoms with Crippen LogP contribution in [0.15, 0.2) is 73.1 Å². The fourth-order valence-corrected chi connectivity index (χ4v) is 3.93. The third-order valence-electron chi connectivity index (χ3n) is 5.92. The van der Waals surface area contributed by atoms with Crippen LogP contribution in [0.25, 0.3) is 11.1 Å². The number of amides is 2. The largest absolute Gasteiger partial charge is 0.387 e. The highest BCUT2D eigenvalue weighted by atomic mass is 16.3. The zero-order valence-corrected chi connectivity index (χ0v) is 21.5. The zero-order chi connectivity index (χ0) is 25.8. The Morgan fingerprint density at radius 1 is 1.11 bits per heavy atom. The summed E-state index contributed by atoms with van der Waals surface area (Å²) in [6, 6.07) is 16.5. The molecular weight excluding hydrogens is 438 g/mol. The Bertz CT molecular complexity index is 1010. The summed E-state index contributed by atoms with van der Waals surface area (Å²) < 4.78 is 0. The molecule has 6 nitrogen and oxygen atoms in total. The average Bonchev–Trinajstić information content (AvgIpc) is 2.87. The van der Waals surface area contributed by atoms with Crippen LogP contribution in [-0.2, 0) is 16.1 Å². The van der Waals surface area contributed by atoms with E-state index < -0.39 is 12.5 Å². The molecule has 0 fully saturated rings. The van der Waals surface area contributed by atoms with Gasteiger partial charge in [0.1, 0.15) is 12.3 Å². The van der Waals surface area contributed by atoms with Crippen molar-refractivity contribution < 1.29 is 14.7 Å². The van der Waals surface area contributed by atoms with Crippen LogP contribution in [-0.4, -0.2) is 52.5 Å². The lowest BCUT2D eigenvalue weighted by atomic mass is 9.98. The molecule has 0 aliphatic heterocycles. The van der Waals surface area contributed by atoms with Gasteiger partial charge in [-0.3, -0.25) is 9.59 Å². The first-order valence-electron chi connectivity index (χ1n) is 12.3. The van der Waals surface area contributed by atoms with Gasteiger partial charge in [-0.05, 0) is 56.5 Å². The maximum absolute atomic E-state index is 13.6. The van der Waals surface area contributed by atoms with Crippen molar-refractivity contribution in [2.75, 3.05) is 19.7 Å². The molecule has 0 spiro atoms. The molecule has 2 aromatic carbocycles. The van der Waals surface area contributed by atoms with Gasteiger partial charge in [-0.2, -0.15) is 0 Å². The molecule has 2 amide bonds. The Morgan fingerprint density at radius 2 is 1.80 bits per heavy atom. The maximum atomic E-state index is 13.6. The number of likely N-dealkylation sites (N-methyl/N-ethyl adjacent to an activating group) is 1. The van der Waals surface area contributed by atoms with Gasteiger partial charge < -0.3 is 20.2 Å². The van der Waals surface area contributed by atoms with Crippen molar-refractivity contribution in [1.29, 1.82) is 0 Å². The number of hydrogen-bond acceptors (Lipinski definition) is 4. The fourth-order valence-electron chi connectivity index (χ4n) is 3.93. The van der Waals surface area contributed by atoms with Crippen LogP contribution in [0.5, 0.6) is 0 Å². The number of carbonyl (C=O) groups is 2. The lowest BCUT2D eigenvalue weighted by Crippen LogP contribution is -2.41. The molecule has 0 aromatic heterocycles. The summed E-state index contributed by atoms with van der Waals surface area (Å²) in [5.74, 6) is -0.480. The van der Waals surface area contributed by atoms with E-state index >= 15 is 0 Å². The van der Waals surface area contributed by atoms with Gasteiger partial charge in [0.15, 0.2) is 0 Å². The lowest BCUT2D eigenvalue weighted by Gasteiger charge is -2.29. The number of benzene rings is 2. The number of carbonyl (C=O) groups excluding carboxylic acids is 2. The minimum atomic E-state index is -0.539. The third-order valence-corrected chi connectivity index (χ3v) is 5.92. The Labute approximate surface area is 210 Å². The lowest BCUT2D eigenvalue weighted by molar-refractivity contribution is -0.128. The molecule has 1 unspecified atom stereocenters. The van der Waals surface area contributed by atoms with Gasteiger partial charge in [0, 0.05) is 25.7 Å². The predicted octanol–water partition coefficient (Wildman–Crippen LogP) is 4.64. The van der Waals surface area contributed by atoms with E-state index in [4.69, 9.17) is 5.11 Å². The Balaban J connectivity index is 2.24. The molecule has 2 rings (SSSR count). The molecule has 0 heterocycles. The Morgan fingerprint density at radius 3 is 2.40 bits per heavy atom. The molecule has 6 heteroatoms. The van der Waals surface area contributed by atoms with Crippen LogP contribution in [0, 0.1) is 6.92 Å². The molecule has 188 valence electrons. The number of aryl methyl sites for hydroxylation is 1. The van der Waals surface area contributed by atoms with Crippen molar-refractivity contribution in [3.63, 3.8) is 0 Å². The van der Waals surface area contributed by atoms with E-state index in [0.29, 0.717) is 38.2 Å². The first-order chi connectivity index (χ1) is 16.8. The molecule has 1 atom stereocenters. The zero-order valence-electron chi connectivity index (χ0n) is 21.5. The van der Waals surface area contributed by atoms with Crippen molar-refractivity contribution in [2.24, 2.45) is 0 Å². The first-order valence-corrected chi connectivity index (χ1v) is 12.3. The molecule has 2 aromatic rings. The minimum absolute atomic E-state index is 0.0669. The molecule has 0 aliphatic rings. The summed E-state index contributed by atoms with van der Waals surface area (Å²) in [4.78, 5) is 28.7. The number of nitrogens with zero attached hydrogens (tertiary/aromatic N) is 2. The van der Waals surface area contributed by atoms with Gasteiger partial charge in [-0.1, -0.05) is 73.7 Å². The molecular formula is C29H39N3O3. The van der Waals surface area contributed by atoms with Crippen molar-refractivity contribution >= 4 is 11.8 Å². The van der Waals surface area contributed by atoms with Crippen LogP contribution in [0.2, 0.25) is 0 Å². The molecule has 0 saturated heterocycles. The SMILES string of the molecule is C=CN(Cc1ccccc1-c1ccc(C)cc1)/C(=C\CC)C(=O)N(CC)CCC(C)NC(=O)CO. The number of aliphatic hydroxyl groups excluding tert-OH is 1. The highest BCUT2D eigenvalue weighted by Crippen LogP contribution is 2.27. The highest BCUT2D eigenvalue weighted by Gasteiger charge is 2.22. The van der Waals surface area contributed by atoms with Crippen molar-refractivity contribution in [3.8, 4) is 11.1 Å². The summed E-state index contributed by atoms with van der Waals surface area (Å²) in [5.41, 5.74) is 5.17. The maximum Gasteiger partial charge on any atom is 0.270 e. The van der Waals surface area contributed by atoms with E-state index in [1.807, 2.05) is 43.9 Å². The monoisotopic (exact) mass is 477 g/mol. The molecule has 35 heavy (non-hydrogen) atoms. The first kappa shape index (κ1) is 27.9. The second-order valence-electron chi connectivity index (χ2n) is 8.63. The number of allylic oxidation sites excluding steroid dienone is 1. The van der Waals surface area contributed by atoms with Crippen molar-refractivity contribution in [1.82, 2.24) is 15.1 Å². The molecule has 0 aliphatic carbocycles. The van der Waals surface area contributed by atoms with E-state index in [1.54, 1.807) is 11.1 Å². The topological polar surface area (TPSA) is 72.9 Å². The van der Waals surface area contributed by atoms with Gasteiger partial charge in [0.2, 0.25) is 5.91 Å². The second-order valence-corrected chi connectivity index (χ2v) is 8.63. The highest BCUT2D eigenvalue weighted by molar-refractivity contribution is 5.93. The van der Waals surface area contributed by atoms with Crippen molar-refractivity contribution in [3.05, 3.63) is 84.2 Å². The number of hydrogen-bond donors (Lipinski definition) is 2. The van der Waals surface area contributed by atoms with E-state index in [9.17, 15) is 9.59 Å². The summed E-state index contributed by atoms with van der Waals surface area (Å²) in [6.07, 6.45) is 4.96. The smallest absolute Gasteiger partial charge is 0.270 e. The second kappa shape index (κ2) is 14.1. The number of rotatable bonds is 13. The van der Waals surface area contributed by atoms with Crippen molar-refractivity contribution in [2.45, 2.75) is 53.1 Å². The van der Waals surface area contributed by atoms with Gasteiger partial charge in [-0.15, -0.1) is 0 Å². The van der Waals surface area contributed by atoms with Gasteiger partial charge >= 0.3 is 0 Å². The van der Waals surface area contributed by atoms with Crippen LogP contribution in [0.4, 0.5) is 0 Å². The van der Waals surface area contributed by atoms with E-state index in [1.165, 1.54) is 5.56 Å². The van der Waals surface area contributed by atoms with Gasteiger partial charge in [0.05, 0.1) is 0 Å².